The van der Waals surface area contributed by atoms with Gasteiger partial charge in [-0.3, -0.25) is 0 Å². The van der Waals surface area contributed by atoms with Crippen molar-refractivity contribution in [2.45, 2.75) is 50.4 Å². The molecule has 0 saturated carbocycles. The Bertz CT molecular complexity index is 1000. The number of piperidine rings is 1. The van der Waals surface area contributed by atoms with Gasteiger partial charge in [0, 0.05) is 47.7 Å². The van der Waals surface area contributed by atoms with E-state index in [4.69, 9.17) is 9.72 Å². The largest absolute Gasteiger partial charge is 0.487 e. The van der Waals surface area contributed by atoms with Crippen molar-refractivity contribution in [3.63, 3.8) is 0 Å². The molecule has 3 aliphatic rings. The van der Waals surface area contributed by atoms with Crippen LogP contribution in [0, 0.1) is 0 Å². The van der Waals surface area contributed by atoms with E-state index in [0.717, 1.165) is 34.1 Å². The lowest BCUT2D eigenvalue weighted by Gasteiger charge is -2.30. The molecule has 2 unspecified atom stereocenters. The molecule has 6 rings (SSSR count). The number of benzene rings is 1. The minimum absolute atomic E-state index is 0.498. The molecule has 0 aliphatic carbocycles. The summed E-state index contributed by atoms with van der Waals surface area (Å²) in [6.45, 7) is 0.498. The van der Waals surface area contributed by atoms with Crippen molar-refractivity contribution >= 4 is 5.82 Å². The van der Waals surface area contributed by atoms with Gasteiger partial charge in [-0.25, -0.2) is 9.67 Å². The van der Waals surface area contributed by atoms with Gasteiger partial charge in [0.05, 0.1) is 11.4 Å². The van der Waals surface area contributed by atoms with Crippen LogP contribution in [0.25, 0.3) is 16.8 Å². The molecule has 3 aliphatic heterocycles. The van der Waals surface area contributed by atoms with Gasteiger partial charge in [0.25, 0.3) is 0 Å². The first-order valence-electron chi connectivity index (χ1n) is 10.1. The van der Waals surface area contributed by atoms with E-state index in [-0.39, 0.29) is 0 Å². The second kappa shape index (κ2) is 6.34. The summed E-state index contributed by atoms with van der Waals surface area (Å²) in [5.74, 6) is 1.85. The van der Waals surface area contributed by atoms with Crippen molar-refractivity contribution in [3.8, 4) is 22.6 Å². The average Bonchev–Trinajstić information content (AvgIpc) is 3.37. The Morgan fingerprint density at radius 3 is 2.75 bits per heavy atom. The monoisotopic (exact) mass is 373 g/mol. The molecular formula is C22H23N5O. The first-order valence-corrected chi connectivity index (χ1v) is 10.1. The van der Waals surface area contributed by atoms with Crippen molar-refractivity contribution in [3.05, 3.63) is 54.5 Å². The Kier molecular flexibility index (Phi) is 3.65. The lowest BCUT2D eigenvalue weighted by atomic mass is 9.99. The molecule has 2 N–H and O–H groups in total. The maximum atomic E-state index is 6.04. The van der Waals surface area contributed by atoms with Gasteiger partial charge in [0.2, 0.25) is 0 Å². The summed E-state index contributed by atoms with van der Waals surface area (Å²) in [6, 6.07) is 14.3. The Hall–Kier alpha value is -2.86. The predicted molar refractivity (Wildman–Crippen MR) is 108 cm³/mol. The summed E-state index contributed by atoms with van der Waals surface area (Å²) < 4.78 is 7.88. The summed E-state index contributed by atoms with van der Waals surface area (Å²) in [7, 11) is 0. The lowest BCUT2D eigenvalue weighted by Crippen LogP contribution is -2.43. The molecule has 2 saturated heterocycles. The number of nitrogens with one attached hydrogen (secondary N) is 2. The fourth-order valence-electron chi connectivity index (χ4n) is 4.88. The van der Waals surface area contributed by atoms with Crippen molar-refractivity contribution in [1.29, 1.82) is 0 Å². The van der Waals surface area contributed by atoms with Gasteiger partial charge in [-0.2, -0.15) is 5.10 Å². The van der Waals surface area contributed by atoms with Crippen molar-refractivity contribution in [2.75, 3.05) is 5.32 Å². The molecule has 28 heavy (non-hydrogen) atoms. The predicted octanol–water partition coefficient (Wildman–Crippen LogP) is 3.52. The zero-order chi connectivity index (χ0) is 18.5. The highest BCUT2D eigenvalue weighted by atomic mass is 16.5. The SMILES string of the molecule is c1cnn(-c2ccc3c(c2)OCc2nc(NC4CC5CCC(C4)N5)ccc2-3)c1. The highest BCUT2D eigenvalue weighted by Crippen LogP contribution is 2.38. The maximum absolute atomic E-state index is 6.04. The molecule has 6 heteroatoms. The Labute approximate surface area is 163 Å². The fourth-order valence-corrected chi connectivity index (χ4v) is 4.88. The normalized spacial score (nSPS) is 24.9. The molecule has 2 fully saturated rings. The van der Waals surface area contributed by atoms with Gasteiger partial charge in [-0.05, 0) is 56.0 Å². The van der Waals surface area contributed by atoms with E-state index in [2.05, 4.69) is 40.0 Å². The molecule has 142 valence electrons. The van der Waals surface area contributed by atoms with Crippen LogP contribution in [-0.2, 0) is 6.61 Å². The molecular weight excluding hydrogens is 350 g/mol. The smallest absolute Gasteiger partial charge is 0.131 e. The van der Waals surface area contributed by atoms with Crippen LogP contribution in [-0.4, -0.2) is 32.9 Å². The van der Waals surface area contributed by atoms with E-state index in [0.29, 0.717) is 24.7 Å². The van der Waals surface area contributed by atoms with Crippen LogP contribution in [0.2, 0.25) is 0 Å². The third-order valence-corrected chi connectivity index (χ3v) is 6.19. The molecule has 0 radical (unpaired) electrons. The van der Waals surface area contributed by atoms with E-state index in [9.17, 15) is 0 Å². The molecule has 6 nitrogen and oxygen atoms in total. The lowest BCUT2D eigenvalue weighted by molar-refractivity contribution is 0.297. The van der Waals surface area contributed by atoms with Crippen LogP contribution < -0.4 is 15.4 Å². The second-order valence-corrected chi connectivity index (χ2v) is 8.06. The number of hydrogen-bond donors (Lipinski definition) is 2. The van der Waals surface area contributed by atoms with E-state index in [1.54, 1.807) is 6.20 Å². The Morgan fingerprint density at radius 1 is 1.07 bits per heavy atom. The van der Waals surface area contributed by atoms with Gasteiger partial charge in [0.15, 0.2) is 0 Å². The fraction of sp³-hybridized carbons (Fsp3) is 0.364. The number of fused-ring (bicyclic) bond motifs is 5. The molecule has 2 atom stereocenters. The number of rotatable bonds is 3. The van der Waals surface area contributed by atoms with Gasteiger partial charge in [-0.1, -0.05) is 0 Å². The van der Waals surface area contributed by atoms with Crippen LogP contribution in [0.15, 0.2) is 48.8 Å². The maximum Gasteiger partial charge on any atom is 0.131 e. The first-order chi connectivity index (χ1) is 13.8. The summed E-state index contributed by atoms with van der Waals surface area (Å²) in [5.41, 5.74) is 4.25. The van der Waals surface area contributed by atoms with Crippen LogP contribution in [0.3, 0.4) is 0 Å². The van der Waals surface area contributed by atoms with E-state index in [1.165, 1.54) is 25.7 Å². The Balaban J connectivity index is 1.26. The molecule has 3 aromatic rings. The highest BCUT2D eigenvalue weighted by molar-refractivity contribution is 5.76. The van der Waals surface area contributed by atoms with Crippen molar-refractivity contribution in [2.24, 2.45) is 0 Å². The van der Waals surface area contributed by atoms with Crippen LogP contribution in [0.5, 0.6) is 5.75 Å². The summed E-state index contributed by atoms with van der Waals surface area (Å²) in [5, 5.41) is 11.7. The molecule has 2 aromatic heterocycles. The minimum Gasteiger partial charge on any atom is -0.487 e. The number of nitrogens with zero attached hydrogens (tertiary/aromatic N) is 3. The zero-order valence-corrected chi connectivity index (χ0v) is 15.6. The van der Waals surface area contributed by atoms with Crippen LogP contribution >= 0.6 is 0 Å². The van der Waals surface area contributed by atoms with E-state index < -0.39 is 0 Å². The summed E-state index contributed by atoms with van der Waals surface area (Å²) in [6.07, 6.45) is 8.71. The number of hydrogen-bond acceptors (Lipinski definition) is 5. The van der Waals surface area contributed by atoms with E-state index in [1.807, 2.05) is 23.0 Å². The first kappa shape index (κ1) is 16.1. The number of pyridine rings is 1. The number of ether oxygens (including phenoxy) is 1. The summed E-state index contributed by atoms with van der Waals surface area (Å²) >= 11 is 0. The van der Waals surface area contributed by atoms with Crippen LogP contribution in [0.1, 0.15) is 31.4 Å². The zero-order valence-electron chi connectivity index (χ0n) is 15.6. The van der Waals surface area contributed by atoms with Crippen LogP contribution in [0.4, 0.5) is 5.82 Å². The molecule has 5 heterocycles. The van der Waals surface area contributed by atoms with Gasteiger partial charge in [-0.15, -0.1) is 0 Å². The number of aromatic nitrogens is 3. The highest BCUT2D eigenvalue weighted by Gasteiger charge is 2.33. The van der Waals surface area contributed by atoms with Gasteiger partial charge < -0.3 is 15.4 Å². The minimum atomic E-state index is 0.498. The second-order valence-electron chi connectivity index (χ2n) is 8.06. The van der Waals surface area contributed by atoms with Gasteiger partial charge >= 0.3 is 0 Å². The van der Waals surface area contributed by atoms with Crippen molar-refractivity contribution < 1.29 is 4.74 Å². The summed E-state index contributed by atoms with van der Waals surface area (Å²) in [4.78, 5) is 4.87. The molecule has 1 aromatic carbocycles. The average molecular weight is 373 g/mol. The third-order valence-electron chi connectivity index (χ3n) is 6.19. The quantitative estimate of drug-likeness (QED) is 0.735. The van der Waals surface area contributed by atoms with Gasteiger partial charge in [0.1, 0.15) is 18.2 Å². The molecule has 0 spiro atoms. The standard InChI is InChI=1S/C22H23N5O/c1-8-23-27(9-1)17-4-5-19-18-6-7-22(26-20(18)13-28-21(19)12-17)25-16-10-14-2-3-15(11-16)24-14/h1,4-9,12,14-16,24H,2-3,10-11,13H2,(H,25,26). The molecule has 0 amide bonds. The van der Waals surface area contributed by atoms with E-state index >= 15 is 0 Å². The molecule has 2 bridgehead atoms. The topological polar surface area (TPSA) is 64.0 Å². The number of anilines is 1. The van der Waals surface area contributed by atoms with Crippen molar-refractivity contribution in [1.82, 2.24) is 20.1 Å². The third kappa shape index (κ3) is 2.76. The Morgan fingerprint density at radius 2 is 1.93 bits per heavy atom.